The van der Waals surface area contributed by atoms with Crippen molar-refractivity contribution >= 4 is 11.6 Å². The van der Waals surface area contributed by atoms with Crippen LogP contribution >= 0.6 is 11.6 Å². The van der Waals surface area contributed by atoms with Gasteiger partial charge in [0.25, 0.3) is 0 Å². The van der Waals surface area contributed by atoms with Crippen molar-refractivity contribution in [1.29, 1.82) is 0 Å². The monoisotopic (exact) mass is 256 g/mol. The van der Waals surface area contributed by atoms with Crippen LogP contribution in [0.4, 0.5) is 4.39 Å². The summed E-state index contributed by atoms with van der Waals surface area (Å²) < 4.78 is 13.5. The summed E-state index contributed by atoms with van der Waals surface area (Å²) in [6.07, 6.45) is 2.17. The molecule has 0 radical (unpaired) electrons. The molecule has 0 heterocycles. The van der Waals surface area contributed by atoms with E-state index in [2.05, 4.69) is 4.90 Å². The van der Waals surface area contributed by atoms with Gasteiger partial charge >= 0.3 is 0 Å². The lowest BCUT2D eigenvalue weighted by atomic mass is 9.80. The number of nitrogens with two attached hydrogens (primary N) is 1. The molecule has 0 atom stereocenters. The maximum absolute atomic E-state index is 13.5. The number of halogens is 2. The zero-order valence-corrected chi connectivity index (χ0v) is 10.8. The molecule has 2 N–H and O–H groups in total. The van der Waals surface area contributed by atoms with Crippen LogP contribution in [0.25, 0.3) is 0 Å². The zero-order chi connectivity index (χ0) is 12.4. The third kappa shape index (κ3) is 3.41. The quantitative estimate of drug-likeness (QED) is 0.898. The van der Waals surface area contributed by atoms with Crippen molar-refractivity contribution in [2.75, 3.05) is 13.6 Å². The van der Waals surface area contributed by atoms with Crippen molar-refractivity contribution in [2.24, 2.45) is 11.7 Å². The first-order chi connectivity index (χ1) is 8.04. The van der Waals surface area contributed by atoms with Gasteiger partial charge in [0.15, 0.2) is 0 Å². The van der Waals surface area contributed by atoms with E-state index < -0.39 is 0 Å². The smallest absolute Gasteiger partial charge is 0.127 e. The number of hydrogen-bond acceptors (Lipinski definition) is 2. The van der Waals surface area contributed by atoms with Gasteiger partial charge in [-0.1, -0.05) is 11.6 Å². The van der Waals surface area contributed by atoms with Crippen molar-refractivity contribution in [3.63, 3.8) is 0 Å². The second-order valence-electron chi connectivity index (χ2n) is 5.03. The summed E-state index contributed by atoms with van der Waals surface area (Å²) in [6.45, 7) is 1.57. The Bertz CT molecular complexity index is 391. The third-order valence-electron chi connectivity index (χ3n) is 3.29. The summed E-state index contributed by atoms with van der Waals surface area (Å²) in [7, 11) is 2.00. The highest BCUT2D eigenvalue weighted by Crippen LogP contribution is 2.26. The van der Waals surface area contributed by atoms with E-state index in [1.54, 1.807) is 12.1 Å². The first-order valence-corrected chi connectivity index (χ1v) is 6.30. The SMILES string of the molecule is CN(Cc1cc(Cl)ccc1F)CC1CC(N)C1. The summed E-state index contributed by atoms with van der Waals surface area (Å²) in [5.74, 6) is 0.476. The standard InChI is InChI=1S/C13H18ClFN2/c1-17(7-9-4-12(16)5-9)8-10-6-11(14)2-3-13(10)15/h2-3,6,9,12H,4-5,7-8,16H2,1H3. The molecule has 1 fully saturated rings. The molecule has 17 heavy (non-hydrogen) atoms. The lowest BCUT2D eigenvalue weighted by Gasteiger charge is -2.35. The fraction of sp³-hybridized carbons (Fsp3) is 0.538. The molecule has 0 aromatic heterocycles. The van der Waals surface area contributed by atoms with E-state index in [4.69, 9.17) is 17.3 Å². The number of hydrogen-bond donors (Lipinski definition) is 1. The summed E-state index contributed by atoms with van der Waals surface area (Å²) in [6, 6.07) is 5.06. The average Bonchev–Trinajstić information content (AvgIpc) is 2.21. The van der Waals surface area contributed by atoms with E-state index in [1.807, 2.05) is 7.05 Å². The first-order valence-electron chi connectivity index (χ1n) is 5.92. The summed E-state index contributed by atoms with van der Waals surface area (Å²) >= 11 is 5.86. The summed E-state index contributed by atoms with van der Waals surface area (Å²) in [5.41, 5.74) is 6.40. The largest absolute Gasteiger partial charge is 0.328 e. The Labute approximate surface area is 107 Å². The number of benzene rings is 1. The van der Waals surface area contributed by atoms with Crippen molar-refractivity contribution in [3.8, 4) is 0 Å². The van der Waals surface area contributed by atoms with Gasteiger partial charge in [-0.05, 0) is 44.0 Å². The van der Waals surface area contributed by atoms with E-state index in [0.717, 1.165) is 19.4 Å². The lowest BCUT2D eigenvalue weighted by molar-refractivity contribution is 0.177. The van der Waals surface area contributed by atoms with Crippen LogP contribution < -0.4 is 5.73 Å². The van der Waals surface area contributed by atoms with Gasteiger partial charge in [-0.25, -0.2) is 4.39 Å². The predicted octanol–water partition coefficient (Wildman–Crippen LogP) is 2.65. The van der Waals surface area contributed by atoms with Gasteiger partial charge < -0.3 is 10.6 Å². The fourth-order valence-corrected chi connectivity index (χ4v) is 2.59. The van der Waals surface area contributed by atoms with Crippen molar-refractivity contribution < 1.29 is 4.39 Å². The molecule has 4 heteroatoms. The number of rotatable bonds is 4. The highest BCUT2D eigenvalue weighted by atomic mass is 35.5. The van der Waals surface area contributed by atoms with Gasteiger partial charge in [0, 0.05) is 29.7 Å². The third-order valence-corrected chi connectivity index (χ3v) is 3.53. The molecule has 0 unspecified atom stereocenters. The molecule has 0 aliphatic heterocycles. The molecule has 1 aromatic rings. The van der Waals surface area contributed by atoms with Crippen LogP contribution in [0.1, 0.15) is 18.4 Å². The maximum atomic E-state index is 13.5. The van der Waals surface area contributed by atoms with Crippen LogP contribution in [-0.2, 0) is 6.54 Å². The summed E-state index contributed by atoms with van der Waals surface area (Å²) in [5, 5.41) is 0.584. The van der Waals surface area contributed by atoms with Gasteiger partial charge in [0.2, 0.25) is 0 Å². The molecular weight excluding hydrogens is 239 g/mol. The highest BCUT2D eigenvalue weighted by Gasteiger charge is 2.26. The topological polar surface area (TPSA) is 29.3 Å². The Morgan fingerprint density at radius 3 is 2.82 bits per heavy atom. The molecule has 1 saturated carbocycles. The van der Waals surface area contributed by atoms with Crippen LogP contribution in [0.2, 0.25) is 5.02 Å². The van der Waals surface area contributed by atoms with Crippen molar-refractivity contribution in [2.45, 2.75) is 25.4 Å². The van der Waals surface area contributed by atoms with Gasteiger partial charge in [-0.3, -0.25) is 0 Å². The summed E-state index contributed by atoms with van der Waals surface area (Å²) in [4.78, 5) is 2.13. The van der Waals surface area contributed by atoms with Crippen LogP contribution in [0.15, 0.2) is 18.2 Å². The molecule has 2 nitrogen and oxygen atoms in total. The molecule has 0 saturated heterocycles. The van der Waals surface area contributed by atoms with Crippen LogP contribution in [0, 0.1) is 11.7 Å². The van der Waals surface area contributed by atoms with E-state index in [0.29, 0.717) is 29.1 Å². The molecule has 2 rings (SSSR count). The minimum absolute atomic E-state index is 0.188. The maximum Gasteiger partial charge on any atom is 0.127 e. The molecule has 1 aliphatic carbocycles. The van der Waals surface area contributed by atoms with Crippen LogP contribution in [0.3, 0.4) is 0 Å². The van der Waals surface area contributed by atoms with Crippen LogP contribution in [0.5, 0.6) is 0 Å². The zero-order valence-electron chi connectivity index (χ0n) is 10.00. The fourth-order valence-electron chi connectivity index (χ4n) is 2.40. The Hall–Kier alpha value is -0.640. The Morgan fingerprint density at radius 1 is 1.47 bits per heavy atom. The second kappa shape index (κ2) is 5.34. The molecular formula is C13H18ClFN2. The molecule has 0 amide bonds. The van der Waals surface area contributed by atoms with Gasteiger partial charge in [-0.15, -0.1) is 0 Å². The average molecular weight is 257 g/mol. The first kappa shape index (κ1) is 12.8. The molecule has 1 aliphatic rings. The van der Waals surface area contributed by atoms with Crippen molar-refractivity contribution in [3.05, 3.63) is 34.6 Å². The Balaban J connectivity index is 1.89. The number of nitrogens with zero attached hydrogens (tertiary/aromatic N) is 1. The van der Waals surface area contributed by atoms with E-state index in [1.165, 1.54) is 6.07 Å². The van der Waals surface area contributed by atoms with Crippen LogP contribution in [-0.4, -0.2) is 24.5 Å². The second-order valence-corrected chi connectivity index (χ2v) is 5.47. The Kier molecular flexibility index (Phi) is 4.02. The molecule has 94 valence electrons. The van der Waals surface area contributed by atoms with Gasteiger partial charge in [-0.2, -0.15) is 0 Å². The normalized spacial score (nSPS) is 23.8. The van der Waals surface area contributed by atoms with Crippen molar-refractivity contribution in [1.82, 2.24) is 4.90 Å². The van der Waals surface area contributed by atoms with Gasteiger partial charge in [0.1, 0.15) is 5.82 Å². The van der Waals surface area contributed by atoms with E-state index in [9.17, 15) is 4.39 Å². The predicted molar refractivity (Wildman–Crippen MR) is 68.4 cm³/mol. The minimum Gasteiger partial charge on any atom is -0.328 e. The molecule has 0 bridgehead atoms. The van der Waals surface area contributed by atoms with Gasteiger partial charge in [0.05, 0.1) is 0 Å². The Morgan fingerprint density at radius 2 is 2.18 bits per heavy atom. The molecule has 1 aromatic carbocycles. The van der Waals surface area contributed by atoms with E-state index in [-0.39, 0.29) is 5.82 Å². The minimum atomic E-state index is -0.188. The van der Waals surface area contributed by atoms with E-state index >= 15 is 0 Å². The highest BCUT2D eigenvalue weighted by molar-refractivity contribution is 6.30. The lowest BCUT2D eigenvalue weighted by Crippen LogP contribution is -2.41. The molecule has 0 spiro atoms.